The number of rotatable bonds is 10. The zero-order valence-corrected chi connectivity index (χ0v) is 21.7. The summed E-state index contributed by atoms with van der Waals surface area (Å²) in [5.74, 6) is 0.695. The summed E-state index contributed by atoms with van der Waals surface area (Å²) in [6.45, 7) is 0.292. The molecule has 0 bridgehead atoms. The van der Waals surface area contributed by atoms with Gasteiger partial charge in [-0.25, -0.2) is 4.79 Å². The Bertz CT molecular complexity index is 1190. The molecular weight excluding hydrogens is 516 g/mol. The molecule has 4 rings (SSSR count). The molecule has 1 heterocycles. The van der Waals surface area contributed by atoms with E-state index in [4.69, 9.17) is 21.1 Å². The largest absolute Gasteiger partial charge is 0.497 e. The quantitative estimate of drug-likeness (QED) is 0.336. The van der Waals surface area contributed by atoms with Crippen LogP contribution >= 0.6 is 11.6 Å². The van der Waals surface area contributed by atoms with Crippen LogP contribution in [-0.4, -0.2) is 62.3 Å². The Morgan fingerprint density at radius 3 is 2.45 bits per heavy atom. The molecule has 0 aromatic heterocycles. The molecule has 1 aliphatic rings. The van der Waals surface area contributed by atoms with Gasteiger partial charge in [0.05, 0.1) is 25.5 Å². The normalized spacial score (nSPS) is 14.8. The smallest absolute Gasteiger partial charge is 0.387 e. The summed E-state index contributed by atoms with van der Waals surface area (Å²) in [5.41, 5.74) is 2.21. The zero-order valence-electron chi connectivity index (χ0n) is 21.0. The molecule has 0 spiro atoms. The second-order valence-electron chi connectivity index (χ2n) is 8.80. The van der Waals surface area contributed by atoms with Crippen molar-refractivity contribution in [3.8, 4) is 11.5 Å². The van der Waals surface area contributed by atoms with Gasteiger partial charge in [0.1, 0.15) is 11.5 Å². The van der Waals surface area contributed by atoms with Crippen LogP contribution in [0.2, 0.25) is 5.02 Å². The van der Waals surface area contributed by atoms with E-state index in [1.165, 1.54) is 12.1 Å². The van der Waals surface area contributed by atoms with Crippen LogP contribution in [0.5, 0.6) is 11.5 Å². The van der Waals surface area contributed by atoms with Crippen molar-refractivity contribution in [3.05, 3.63) is 88.9 Å². The van der Waals surface area contributed by atoms with Gasteiger partial charge in [0, 0.05) is 37.7 Å². The third-order valence-electron chi connectivity index (χ3n) is 6.26. The van der Waals surface area contributed by atoms with Crippen molar-refractivity contribution < 1.29 is 27.8 Å². The number of carbonyl (C=O) groups excluding carboxylic acids is 1. The Hall–Kier alpha value is -3.40. The average molecular weight is 546 g/mol. The van der Waals surface area contributed by atoms with Gasteiger partial charge in [0.15, 0.2) is 0 Å². The van der Waals surface area contributed by atoms with E-state index < -0.39 is 6.61 Å². The maximum atomic E-state index is 12.8. The lowest BCUT2D eigenvalue weighted by atomic mass is 10.1. The molecule has 1 atom stereocenters. The second kappa shape index (κ2) is 13.4. The predicted molar refractivity (Wildman–Crippen MR) is 142 cm³/mol. The van der Waals surface area contributed by atoms with Gasteiger partial charge < -0.3 is 24.4 Å². The van der Waals surface area contributed by atoms with Crippen molar-refractivity contribution >= 4 is 23.3 Å². The molecular formula is C28H30ClF2N3O4. The number of hydrogen-bond acceptors (Lipinski definition) is 5. The number of hydrogen-bond donors (Lipinski definition) is 1. The Kier molecular flexibility index (Phi) is 9.75. The molecule has 7 nitrogen and oxygen atoms in total. The minimum atomic E-state index is -2.98. The number of halogens is 3. The van der Waals surface area contributed by atoms with Crippen molar-refractivity contribution in [1.82, 2.24) is 9.80 Å². The number of ether oxygens (including phenoxy) is 3. The summed E-state index contributed by atoms with van der Waals surface area (Å²) in [6.07, 6.45) is -0.211. The first-order valence-corrected chi connectivity index (χ1v) is 12.6. The minimum Gasteiger partial charge on any atom is -0.497 e. The van der Waals surface area contributed by atoms with E-state index in [9.17, 15) is 13.6 Å². The molecule has 1 aliphatic heterocycles. The molecule has 1 fully saturated rings. The lowest BCUT2D eigenvalue weighted by Gasteiger charge is -2.36. The fourth-order valence-corrected chi connectivity index (χ4v) is 4.35. The SMILES string of the molecule is COc1cccc(CO[C@H](CN2CCN(C(=O)Nc3ccccc3OC(F)F)CC2)c2ccc(Cl)cc2)c1. The number of alkyl halides is 2. The molecule has 1 N–H and O–H groups in total. The van der Waals surface area contributed by atoms with Crippen LogP contribution in [0.3, 0.4) is 0 Å². The maximum Gasteiger partial charge on any atom is 0.387 e. The molecule has 3 aromatic carbocycles. The maximum absolute atomic E-state index is 12.8. The highest BCUT2D eigenvalue weighted by atomic mass is 35.5. The number of amides is 2. The van der Waals surface area contributed by atoms with Gasteiger partial charge in [-0.2, -0.15) is 8.78 Å². The summed E-state index contributed by atoms with van der Waals surface area (Å²) in [5, 5.41) is 3.34. The highest BCUT2D eigenvalue weighted by Crippen LogP contribution is 2.27. The number of anilines is 1. The molecule has 10 heteroatoms. The summed E-state index contributed by atoms with van der Waals surface area (Å²) >= 11 is 6.10. The van der Waals surface area contributed by atoms with Crippen LogP contribution in [0.25, 0.3) is 0 Å². The third-order valence-corrected chi connectivity index (χ3v) is 6.51. The van der Waals surface area contributed by atoms with Gasteiger partial charge in [0.2, 0.25) is 0 Å². The Morgan fingerprint density at radius 1 is 1.00 bits per heavy atom. The lowest BCUT2D eigenvalue weighted by Crippen LogP contribution is -2.50. The van der Waals surface area contributed by atoms with Crippen LogP contribution < -0.4 is 14.8 Å². The third kappa shape index (κ3) is 7.80. The number of nitrogens with zero attached hydrogens (tertiary/aromatic N) is 2. The minimum absolute atomic E-state index is 0.0755. The molecule has 1 saturated heterocycles. The number of piperazine rings is 1. The fourth-order valence-electron chi connectivity index (χ4n) is 4.22. The number of methoxy groups -OCH3 is 1. The van der Waals surface area contributed by atoms with E-state index in [2.05, 4.69) is 15.0 Å². The van der Waals surface area contributed by atoms with Gasteiger partial charge in [0.25, 0.3) is 0 Å². The van der Waals surface area contributed by atoms with Crippen molar-refractivity contribution in [2.75, 3.05) is 45.2 Å². The van der Waals surface area contributed by atoms with E-state index in [0.717, 1.165) is 16.9 Å². The molecule has 0 radical (unpaired) electrons. The average Bonchev–Trinajstić information content (AvgIpc) is 2.93. The van der Waals surface area contributed by atoms with Crippen LogP contribution in [0.15, 0.2) is 72.8 Å². The molecule has 3 aromatic rings. The van der Waals surface area contributed by atoms with Crippen molar-refractivity contribution in [2.45, 2.75) is 19.3 Å². The molecule has 0 unspecified atom stereocenters. The highest BCUT2D eigenvalue weighted by molar-refractivity contribution is 6.30. The number of nitrogens with one attached hydrogen (secondary N) is 1. The van der Waals surface area contributed by atoms with E-state index in [1.807, 2.05) is 48.5 Å². The van der Waals surface area contributed by atoms with Gasteiger partial charge in [-0.15, -0.1) is 0 Å². The first-order chi connectivity index (χ1) is 18.4. The number of benzene rings is 3. The number of para-hydroxylation sites is 2. The summed E-state index contributed by atoms with van der Waals surface area (Å²) in [7, 11) is 1.63. The van der Waals surface area contributed by atoms with Gasteiger partial charge in [-0.05, 0) is 47.5 Å². The van der Waals surface area contributed by atoms with E-state index in [-0.39, 0.29) is 23.6 Å². The van der Waals surface area contributed by atoms with Crippen LogP contribution in [0, 0.1) is 0 Å². The van der Waals surface area contributed by atoms with Gasteiger partial charge >= 0.3 is 12.6 Å². The summed E-state index contributed by atoms with van der Waals surface area (Å²) < 4.78 is 41.6. The first kappa shape index (κ1) is 27.6. The number of urea groups is 1. The highest BCUT2D eigenvalue weighted by Gasteiger charge is 2.25. The lowest BCUT2D eigenvalue weighted by molar-refractivity contribution is -0.0493. The Morgan fingerprint density at radius 2 is 1.74 bits per heavy atom. The molecule has 0 saturated carbocycles. The van der Waals surface area contributed by atoms with Crippen molar-refractivity contribution in [3.63, 3.8) is 0 Å². The van der Waals surface area contributed by atoms with Crippen molar-refractivity contribution in [2.24, 2.45) is 0 Å². The summed E-state index contributed by atoms with van der Waals surface area (Å²) in [6, 6.07) is 21.1. The van der Waals surface area contributed by atoms with E-state index in [0.29, 0.717) is 44.4 Å². The topological polar surface area (TPSA) is 63.3 Å². The van der Waals surface area contributed by atoms with Crippen molar-refractivity contribution in [1.29, 1.82) is 0 Å². The zero-order chi connectivity index (χ0) is 26.9. The Balaban J connectivity index is 1.35. The first-order valence-electron chi connectivity index (χ1n) is 12.2. The van der Waals surface area contributed by atoms with Crippen LogP contribution in [0.1, 0.15) is 17.2 Å². The molecule has 2 amide bonds. The van der Waals surface area contributed by atoms with E-state index in [1.54, 1.807) is 24.1 Å². The monoisotopic (exact) mass is 545 g/mol. The predicted octanol–water partition coefficient (Wildman–Crippen LogP) is 6.06. The molecule has 202 valence electrons. The van der Waals surface area contributed by atoms with Gasteiger partial charge in [-0.3, -0.25) is 4.90 Å². The number of carbonyl (C=O) groups is 1. The van der Waals surface area contributed by atoms with E-state index >= 15 is 0 Å². The summed E-state index contributed by atoms with van der Waals surface area (Å²) in [4.78, 5) is 16.7. The fraction of sp³-hybridized carbons (Fsp3) is 0.321. The van der Waals surface area contributed by atoms with Gasteiger partial charge in [-0.1, -0.05) is 48.0 Å². The van der Waals surface area contributed by atoms with Crippen LogP contribution in [-0.2, 0) is 11.3 Å². The van der Waals surface area contributed by atoms with Crippen LogP contribution in [0.4, 0.5) is 19.3 Å². The second-order valence-corrected chi connectivity index (χ2v) is 9.23. The molecule has 38 heavy (non-hydrogen) atoms. The Labute approximate surface area is 225 Å². The standard InChI is InChI=1S/C28H30ClF2N3O4/c1-36-23-6-4-5-20(17-23)19-37-26(21-9-11-22(29)12-10-21)18-33-13-15-34(16-14-33)28(35)32-24-7-2-3-8-25(24)38-27(30)31/h2-12,17,26-27H,13-16,18-19H2,1H3,(H,32,35)/t26-/m1/s1. The molecule has 0 aliphatic carbocycles.